The van der Waals surface area contributed by atoms with E-state index in [1.165, 1.54) is 25.0 Å². The van der Waals surface area contributed by atoms with E-state index in [1.54, 1.807) is 0 Å². The molecule has 9 heteroatoms. The molecule has 4 fully saturated rings. The first kappa shape index (κ1) is 38.2. The summed E-state index contributed by atoms with van der Waals surface area (Å²) in [6.45, 7) is 9.33. The van der Waals surface area contributed by atoms with Crippen LogP contribution in [0.3, 0.4) is 0 Å². The van der Waals surface area contributed by atoms with Crippen molar-refractivity contribution < 1.29 is 44.6 Å². The number of hydrogen-bond acceptors (Lipinski definition) is 7. The SMILES string of the molecule is C[C@H](C1CCCC2CC[C@H](C)OCC21)[C@H](O)CCc1cc(C(=O)O)c(C(=O)O)cc1CC[C@@H](O)[C@H](C)C1CCCC2CC[C@H](C)OC[C@@]21O. The predicted octanol–water partition coefficient (Wildman–Crippen LogP) is 6.52. The smallest absolute Gasteiger partial charge is 0.336 e. The van der Waals surface area contributed by atoms with E-state index < -0.39 is 29.7 Å². The van der Waals surface area contributed by atoms with Crippen molar-refractivity contribution in [1.82, 2.24) is 0 Å². The normalized spacial score (nSPS) is 34.7. The van der Waals surface area contributed by atoms with Gasteiger partial charge in [0.15, 0.2) is 0 Å². The molecule has 1 aromatic carbocycles. The molecule has 0 spiro atoms. The Morgan fingerprint density at radius 3 is 1.98 bits per heavy atom. The highest BCUT2D eigenvalue weighted by atomic mass is 16.5. The van der Waals surface area contributed by atoms with Crippen molar-refractivity contribution in [3.05, 3.63) is 34.4 Å². The van der Waals surface area contributed by atoms with Gasteiger partial charge in [-0.3, -0.25) is 0 Å². The Labute approximate surface area is 292 Å². The molecule has 276 valence electrons. The van der Waals surface area contributed by atoms with Crippen LogP contribution in [0, 0.1) is 41.4 Å². The number of fused-ring (bicyclic) bond motifs is 2. The van der Waals surface area contributed by atoms with Gasteiger partial charge in [0.1, 0.15) is 0 Å². The van der Waals surface area contributed by atoms with Crippen molar-refractivity contribution in [3.8, 4) is 0 Å². The molecule has 0 amide bonds. The van der Waals surface area contributed by atoms with Gasteiger partial charge in [-0.25, -0.2) is 9.59 Å². The molecule has 5 unspecified atom stereocenters. The quantitative estimate of drug-likeness (QED) is 0.165. The van der Waals surface area contributed by atoms with Gasteiger partial charge in [-0.2, -0.15) is 0 Å². The zero-order valence-corrected chi connectivity index (χ0v) is 30.2. The van der Waals surface area contributed by atoms with Crippen molar-refractivity contribution in [2.75, 3.05) is 13.2 Å². The van der Waals surface area contributed by atoms with Crippen LogP contribution in [0.5, 0.6) is 0 Å². The van der Waals surface area contributed by atoms with E-state index in [9.17, 15) is 35.1 Å². The van der Waals surface area contributed by atoms with Crippen molar-refractivity contribution in [2.45, 2.75) is 148 Å². The molecule has 0 bridgehead atoms. The molecule has 4 aliphatic rings. The summed E-state index contributed by atoms with van der Waals surface area (Å²) >= 11 is 0. The second-order valence-corrected chi connectivity index (χ2v) is 16.4. The second-order valence-electron chi connectivity index (χ2n) is 16.4. The van der Waals surface area contributed by atoms with E-state index in [0.29, 0.717) is 54.6 Å². The molecule has 5 N–H and O–H groups in total. The number of aromatic carboxylic acids is 2. The molecule has 2 saturated heterocycles. The average molecular weight is 687 g/mol. The van der Waals surface area contributed by atoms with Gasteiger partial charge in [-0.05, 0) is 149 Å². The summed E-state index contributed by atoms with van der Waals surface area (Å²) in [6.07, 6.45) is 10.8. The molecular formula is C40H62O9. The Morgan fingerprint density at radius 2 is 1.35 bits per heavy atom. The number of aliphatic hydroxyl groups is 3. The van der Waals surface area contributed by atoms with Gasteiger partial charge in [0.05, 0.1) is 54.4 Å². The fourth-order valence-electron chi connectivity index (χ4n) is 10.2. The van der Waals surface area contributed by atoms with Crippen molar-refractivity contribution in [3.63, 3.8) is 0 Å². The number of carboxylic acids is 2. The highest BCUT2D eigenvalue weighted by molar-refractivity contribution is 6.02. The number of aliphatic hydroxyl groups excluding tert-OH is 2. The van der Waals surface area contributed by atoms with Crippen molar-refractivity contribution in [1.29, 1.82) is 0 Å². The maximum atomic E-state index is 12.2. The summed E-state index contributed by atoms with van der Waals surface area (Å²) in [5.41, 5.74) is -0.137. The molecule has 2 heterocycles. The lowest BCUT2D eigenvalue weighted by molar-refractivity contribution is -0.159. The number of ether oxygens (including phenoxy) is 2. The molecule has 5 rings (SSSR count). The van der Waals surface area contributed by atoms with Crippen LogP contribution in [0.15, 0.2) is 12.1 Å². The highest BCUT2D eigenvalue weighted by Gasteiger charge is 2.50. The molecule has 0 radical (unpaired) electrons. The van der Waals surface area contributed by atoms with Crippen molar-refractivity contribution >= 4 is 11.9 Å². The van der Waals surface area contributed by atoms with Gasteiger partial charge in [0, 0.05) is 0 Å². The molecule has 12 atom stereocenters. The van der Waals surface area contributed by atoms with Crippen molar-refractivity contribution in [2.24, 2.45) is 41.4 Å². The van der Waals surface area contributed by atoms with Crippen LogP contribution in [0.1, 0.15) is 137 Å². The van der Waals surface area contributed by atoms with E-state index in [4.69, 9.17) is 9.47 Å². The Hall–Kier alpha value is -2.04. The molecule has 1 aromatic rings. The minimum Gasteiger partial charge on any atom is -0.478 e. The van der Waals surface area contributed by atoms with Gasteiger partial charge in [0.2, 0.25) is 0 Å². The van der Waals surface area contributed by atoms with E-state index in [0.717, 1.165) is 58.0 Å². The molecular weight excluding hydrogens is 624 g/mol. The summed E-state index contributed by atoms with van der Waals surface area (Å²) in [4.78, 5) is 24.3. The predicted molar refractivity (Wildman–Crippen MR) is 187 cm³/mol. The minimum atomic E-state index is -1.31. The zero-order valence-electron chi connectivity index (χ0n) is 30.2. The number of carbonyl (C=O) groups is 2. The standard InChI is InChI=1S/C40H62O9/c1-23-11-13-27-7-5-9-31(34(27)21-48-23)25(3)36(41)17-14-28-19-32(38(43)44)33(39(45)46)20-29(28)15-18-37(42)26(4)35-10-6-8-30-16-12-24(2)49-22-40(30,35)47/h19-20,23-27,30-31,34-37,41-42,47H,5-18,21-22H2,1-4H3,(H,43,44)(H,45,46)/t23-,24-,25+,26+,27?,30?,31?,34?,35?,36+,37+,40+/m0/s1. The number of rotatable bonds is 12. The molecule has 0 aromatic heterocycles. The Kier molecular flexibility index (Phi) is 12.9. The first-order valence-electron chi connectivity index (χ1n) is 19.2. The van der Waals surface area contributed by atoms with Crippen LogP contribution in [-0.4, -0.2) is 80.7 Å². The van der Waals surface area contributed by atoms with Gasteiger partial charge in [0.25, 0.3) is 0 Å². The molecule has 2 aliphatic heterocycles. The maximum absolute atomic E-state index is 12.2. The maximum Gasteiger partial charge on any atom is 0.336 e. The van der Waals surface area contributed by atoms with E-state index in [2.05, 4.69) is 13.8 Å². The molecule has 2 saturated carbocycles. The second kappa shape index (κ2) is 16.5. The van der Waals surface area contributed by atoms with Crippen LogP contribution in [-0.2, 0) is 22.3 Å². The minimum absolute atomic E-state index is 0.0502. The zero-order chi connectivity index (χ0) is 35.5. The van der Waals surface area contributed by atoms with E-state index in [-0.39, 0.29) is 53.6 Å². The lowest BCUT2D eigenvalue weighted by Crippen LogP contribution is -2.54. The number of benzene rings is 1. The molecule has 9 nitrogen and oxygen atoms in total. The number of aryl methyl sites for hydroxylation is 2. The third-order valence-corrected chi connectivity index (χ3v) is 13.5. The summed E-state index contributed by atoms with van der Waals surface area (Å²) < 4.78 is 12.2. The van der Waals surface area contributed by atoms with Gasteiger partial charge in [-0.1, -0.05) is 33.1 Å². The largest absolute Gasteiger partial charge is 0.478 e. The average Bonchev–Trinajstić information content (AvgIpc) is 3.37. The Bertz CT molecular complexity index is 1280. The number of carboxylic acid groups (broad SMARTS) is 2. The lowest BCUT2D eigenvalue weighted by atomic mass is 9.62. The first-order valence-corrected chi connectivity index (χ1v) is 19.2. The van der Waals surface area contributed by atoms with E-state index in [1.807, 2.05) is 13.8 Å². The van der Waals surface area contributed by atoms with E-state index >= 15 is 0 Å². The summed E-state index contributed by atoms with van der Waals surface area (Å²) in [5.74, 6) is -1.32. The Balaban J connectivity index is 1.30. The van der Waals surface area contributed by atoms with Crippen LogP contribution in [0.4, 0.5) is 0 Å². The third-order valence-electron chi connectivity index (χ3n) is 13.5. The first-order chi connectivity index (χ1) is 23.3. The highest BCUT2D eigenvalue weighted by Crippen LogP contribution is 2.48. The van der Waals surface area contributed by atoms with Gasteiger partial charge in [-0.15, -0.1) is 0 Å². The molecule has 49 heavy (non-hydrogen) atoms. The fraction of sp³-hybridized carbons (Fsp3) is 0.800. The fourth-order valence-corrected chi connectivity index (χ4v) is 10.2. The van der Waals surface area contributed by atoms with Gasteiger partial charge >= 0.3 is 11.9 Å². The number of hydrogen-bond donors (Lipinski definition) is 5. The van der Waals surface area contributed by atoms with Crippen LogP contribution in [0.2, 0.25) is 0 Å². The summed E-state index contributed by atoms with van der Waals surface area (Å²) in [7, 11) is 0. The lowest BCUT2D eigenvalue weighted by Gasteiger charge is -2.48. The van der Waals surface area contributed by atoms with Crippen LogP contribution >= 0.6 is 0 Å². The summed E-state index contributed by atoms with van der Waals surface area (Å²) in [5, 5.41) is 54.8. The Morgan fingerprint density at radius 1 is 0.776 bits per heavy atom. The van der Waals surface area contributed by atoms with Gasteiger partial charge < -0.3 is 35.0 Å². The summed E-state index contributed by atoms with van der Waals surface area (Å²) in [6, 6.07) is 2.92. The third kappa shape index (κ3) is 8.71. The van der Waals surface area contributed by atoms with Crippen LogP contribution < -0.4 is 0 Å². The molecule has 2 aliphatic carbocycles. The topological polar surface area (TPSA) is 154 Å². The van der Waals surface area contributed by atoms with Crippen LogP contribution in [0.25, 0.3) is 0 Å². The monoisotopic (exact) mass is 686 g/mol.